The zero-order chi connectivity index (χ0) is 17.7. The summed E-state index contributed by atoms with van der Waals surface area (Å²) in [7, 11) is 3.83. The average Bonchev–Trinajstić information content (AvgIpc) is 2.51. The van der Waals surface area contributed by atoms with E-state index in [1.807, 2.05) is 50.2 Å². The van der Waals surface area contributed by atoms with Crippen LogP contribution in [0.4, 0.5) is 10.1 Å². The van der Waals surface area contributed by atoms with Gasteiger partial charge in [0.25, 0.3) is 0 Å². The summed E-state index contributed by atoms with van der Waals surface area (Å²) in [6.45, 7) is 5.02. The predicted octanol–water partition coefficient (Wildman–Crippen LogP) is 3.43. The van der Waals surface area contributed by atoms with Crippen molar-refractivity contribution in [3.8, 4) is 0 Å². The summed E-state index contributed by atoms with van der Waals surface area (Å²) in [6.07, 6.45) is 0. The lowest BCUT2D eigenvalue weighted by atomic mass is 10.1. The van der Waals surface area contributed by atoms with Gasteiger partial charge in [0, 0.05) is 17.8 Å². The van der Waals surface area contributed by atoms with E-state index in [4.69, 9.17) is 5.73 Å². The second-order valence-electron chi connectivity index (χ2n) is 6.29. The van der Waals surface area contributed by atoms with Crippen LogP contribution in [0, 0.1) is 19.7 Å². The molecular formula is C19H25FN4. The molecule has 2 aromatic carbocycles. The molecule has 0 heterocycles. The highest BCUT2D eigenvalue weighted by Crippen LogP contribution is 2.15. The van der Waals surface area contributed by atoms with Crippen LogP contribution in [0.5, 0.6) is 0 Å². The Morgan fingerprint density at radius 3 is 2.50 bits per heavy atom. The second kappa shape index (κ2) is 7.93. The second-order valence-corrected chi connectivity index (χ2v) is 6.29. The van der Waals surface area contributed by atoms with Gasteiger partial charge in [-0.3, -0.25) is 0 Å². The van der Waals surface area contributed by atoms with Gasteiger partial charge in [0.05, 0.1) is 6.54 Å². The number of hydrogen-bond acceptors (Lipinski definition) is 2. The molecule has 128 valence electrons. The van der Waals surface area contributed by atoms with Gasteiger partial charge in [0.1, 0.15) is 5.82 Å². The maximum Gasteiger partial charge on any atom is 0.193 e. The lowest BCUT2D eigenvalue weighted by Gasteiger charge is -2.11. The molecule has 0 spiro atoms. The molecule has 0 amide bonds. The summed E-state index contributed by atoms with van der Waals surface area (Å²) >= 11 is 0. The molecule has 2 aromatic rings. The van der Waals surface area contributed by atoms with Crippen LogP contribution in [0.15, 0.2) is 41.4 Å². The fraction of sp³-hybridized carbons (Fsp3) is 0.316. The van der Waals surface area contributed by atoms with Gasteiger partial charge in [0.15, 0.2) is 5.96 Å². The SMILES string of the molecule is Cc1ccc(NC(N)=NCc2ccc(CN(C)C)c(F)c2)cc1C. The maximum atomic E-state index is 14.0. The minimum atomic E-state index is -0.211. The first-order chi connectivity index (χ1) is 11.3. The first kappa shape index (κ1) is 17.9. The van der Waals surface area contributed by atoms with Gasteiger partial charge in [-0.25, -0.2) is 9.38 Å². The fourth-order valence-corrected chi connectivity index (χ4v) is 2.34. The summed E-state index contributed by atoms with van der Waals surface area (Å²) < 4.78 is 14.0. The zero-order valence-electron chi connectivity index (χ0n) is 14.7. The molecule has 4 nitrogen and oxygen atoms in total. The Bertz CT molecular complexity index is 738. The number of aryl methyl sites for hydroxylation is 2. The molecule has 0 radical (unpaired) electrons. The predicted molar refractivity (Wildman–Crippen MR) is 98.7 cm³/mol. The zero-order valence-corrected chi connectivity index (χ0v) is 14.7. The molecule has 3 N–H and O–H groups in total. The molecule has 2 rings (SSSR count). The Balaban J connectivity index is 2.01. The number of anilines is 1. The van der Waals surface area contributed by atoms with Gasteiger partial charge < -0.3 is 16.0 Å². The molecule has 0 aliphatic heterocycles. The number of aliphatic imine (C=N–C) groups is 1. The molecule has 0 fully saturated rings. The monoisotopic (exact) mass is 328 g/mol. The topological polar surface area (TPSA) is 53.6 Å². The standard InChI is InChI=1S/C19H25FN4/c1-13-5-8-17(9-14(13)2)23-19(21)22-11-15-6-7-16(12-24(3)4)18(20)10-15/h5-10H,11-12H2,1-4H3,(H3,21,22,23). The number of nitrogens with two attached hydrogens (primary N) is 1. The molecular weight excluding hydrogens is 303 g/mol. The molecule has 0 aliphatic carbocycles. The van der Waals surface area contributed by atoms with Crippen molar-refractivity contribution < 1.29 is 4.39 Å². The van der Waals surface area contributed by atoms with Gasteiger partial charge in [-0.05, 0) is 62.8 Å². The normalized spacial score (nSPS) is 11.8. The van der Waals surface area contributed by atoms with Crippen molar-refractivity contribution in [2.45, 2.75) is 26.9 Å². The van der Waals surface area contributed by atoms with E-state index in [0.29, 0.717) is 24.6 Å². The quantitative estimate of drug-likeness (QED) is 0.653. The van der Waals surface area contributed by atoms with E-state index in [-0.39, 0.29) is 5.82 Å². The summed E-state index contributed by atoms with van der Waals surface area (Å²) in [6, 6.07) is 11.2. The minimum absolute atomic E-state index is 0.211. The van der Waals surface area contributed by atoms with Crippen LogP contribution in [-0.2, 0) is 13.1 Å². The van der Waals surface area contributed by atoms with E-state index < -0.39 is 0 Å². The number of hydrogen-bond donors (Lipinski definition) is 2. The van der Waals surface area contributed by atoms with Crippen molar-refractivity contribution in [3.05, 3.63) is 64.5 Å². The van der Waals surface area contributed by atoms with E-state index >= 15 is 0 Å². The van der Waals surface area contributed by atoms with E-state index in [0.717, 1.165) is 11.3 Å². The lowest BCUT2D eigenvalue weighted by molar-refractivity contribution is 0.392. The number of rotatable bonds is 5. The van der Waals surface area contributed by atoms with Crippen molar-refractivity contribution >= 4 is 11.6 Å². The number of nitrogens with zero attached hydrogens (tertiary/aromatic N) is 2. The van der Waals surface area contributed by atoms with Crippen LogP contribution in [0.25, 0.3) is 0 Å². The summed E-state index contributed by atoms with van der Waals surface area (Å²) in [5.41, 5.74) is 10.7. The Kier molecular flexibility index (Phi) is 5.93. The van der Waals surface area contributed by atoms with Gasteiger partial charge >= 0.3 is 0 Å². The van der Waals surface area contributed by atoms with Gasteiger partial charge in [0.2, 0.25) is 0 Å². The van der Waals surface area contributed by atoms with Crippen LogP contribution < -0.4 is 11.1 Å². The Hall–Kier alpha value is -2.40. The molecule has 0 saturated heterocycles. The summed E-state index contributed by atoms with van der Waals surface area (Å²) in [5, 5.41) is 3.06. The molecule has 0 unspecified atom stereocenters. The average molecular weight is 328 g/mol. The minimum Gasteiger partial charge on any atom is -0.370 e. The van der Waals surface area contributed by atoms with Gasteiger partial charge in [-0.2, -0.15) is 0 Å². The number of benzene rings is 2. The van der Waals surface area contributed by atoms with Crippen LogP contribution >= 0.6 is 0 Å². The van der Waals surface area contributed by atoms with Crippen LogP contribution in [0.2, 0.25) is 0 Å². The van der Waals surface area contributed by atoms with Crippen molar-refractivity contribution in [3.63, 3.8) is 0 Å². The van der Waals surface area contributed by atoms with Crippen LogP contribution in [0.1, 0.15) is 22.3 Å². The third-order valence-electron chi connectivity index (χ3n) is 3.82. The summed E-state index contributed by atoms with van der Waals surface area (Å²) in [4.78, 5) is 6.21. The highest BCUT2D eigenvalue weighted by molar-refractivity contribution is 5.92. The largest absolute Gasteiger partial charge is 0.370 e. The first-order valence-electron chi connectivity index (χ1n) is 7.91. The van der Waals surface area contributed by atoms with E-state index in [2.05, 4.69) is 17.2 Å². The molecule has 0 atom stereocenters. The lowest BCUT2D eigenvalue weighted by Crippen LogP contribution is -2.22. The van der Waals surface area contributed by atoms with Crippen molar-refractivity contribution in [1.29, 1.82) is 0 Å². The van der Waals surface area contributed by atoms with Crippen LogP contribution in [0.3, 0.4) is 0 Å². The highest BCUT2D eigenvalue weighted by Gasteiger charge is 2.05. The first-order valence-corrected chi connectivity index (χ1v) is 7.91. The van der Waals surface area contributed by atoms with Gasteiger partial charge in [-0.1, -0.05) is 18.2 Å². The molecule has 0 saturated carbocycles. The Morgan fingerprint density at radius 2 is 1.88 bits per heavy atom. The molecule has 24 heavy (non-hydrogen) atoms. The molecule has 0 bridgehead atoms. The Morgan fingerprint density at radius 1 is 1.12 bits per heavy atom. The van der Waals surface area contributed by atoms with Crippen LogP contribution in [-0.4, -0.2) is 25.0 Å². The van der Waals surface area contributed by atoms with Crippen molar-refractivity contribution in [2.75, 3.05) is 19.4 Å². The number of guanidine groups is 1. The molecule has 0 aliphatic rings. The van der Waals surface area contributed by atoms with E-state index in [1.165, 1.54) is 17.2 Å². The molecule has 5 heteroatoms. The van der Waals surface area contributed by atoms with Crippen molar-refractivity contribution in [2.24, 2.45) is 10.7 Å². The maximum absolute atomic E-state index is 14.0. The smallest absolute Gasteiger partial charge is 0.193 e. The van der Waals surface area contributed by atoms with E-state index in [9.17, 15) is 4.39 Å². The third kappa shape index (κ3) is 5.06. The third-order valence-corrected chi connectivity index (χ3v) is 3.82. The van der Waals surface area contributed by atoms with Crippen molar-refractivity contribution in [1.82, 2.24) is 4.90 Å². The number of halogens is 1. The van der Waals surface area contributed by atoms with Gasteiger partial charge in [-0.15, -0.1) is 0 Å². The Labute approximate surface area is 143 Å². The summed E-state index contributed by atoms with van der Waals surface area (Å²) in [5.74, 6) is 0.105. The highest BCUT2D eigenvalue weighted by atomic mass is 19.1. The molecule has 0 aromatic heterocycles. The van der Waals surface area contributed by atoms with E-state index in [1.54, 1.807) is 6.07 Å². The number of nitrogens with one attached hydrogen (secondary N) is 1. The fourth-order valence-electron chi connectivity index (χ4n) is 2.34.